The molecule has 2 rings (SSSR count). The van der Waals surface area contributed by atoms with Crippen molar-refractivity contribution >= 4 is 23.2 Å². The number of para-hydroxylation sites is 1. The molecule has 1 unspecified atom stereocenters. The third-order valence-electron chi connectivity index (χ3n) is 3.74. The summed E-state index contributed by atoms with van der Waals surface area (Å²) in [6.07, 6.45) is 0.350. The highest BCUT2D eigenvalue weighted by atomic mass is 35.5. The number of benzene rings is 2. The zero-order valence-electron chi connectivity index (χ0n) is 12.7. The third kappa shape index (κ3) is 3.87. The number of amides is 1. The minimum absolute atomic E-state index is 0.0593. The number of nitrogens with zero attached hydrogens (tertiary/aromatic N) is 1. The minimum Gasteiger partial charge on any atom is -0.330 e. The summed E-state index contributed by atoms with van der Waals surface area (Å²) in [6, 6.07) is 17.2. The largest absolute Gasteiger partial charge is 0.330 e. The van der Waals surface area contributed by atoms with Crippen LogP contribution < -0.4 is 10.6 Å². The fourth-order valence-corrected chi connectivity index (χ4v) is 2.85. The van der Waals surface area contributed by atoms with Crippen LogP contribution in [0.3, 0.4) is 0 Å². The molecule has 2 N–H and O–H groups in total. The van der Waals surface area contributed by atoms with Crippen LogP contribution >= 0.6 is 11.6 Å². The summed E-state index contributed by atoms with van der Waals surface area (Å²) in [6.45, 7) is 2.99. The number of halogens is 1. The summed E-state index contributed by atoms with van der Waals surface area (Å²) < 4.78 is 0. The standard InChI is InChI=1S/C18H21ClN2O/c1-2-21(15-8-4-3-5-9-15)18(22)12-14(13-20)16-10-6-7-11-17(16)19/h3-11,14H,2,12-13,20H2,1H3. The van der Waals surface area contributed by atoms with Crippen LogP contribution in [0.2, 0.25) is 5.02 Å². The molecule has 0 aliphatic heterocycles. The molecule has 0 bridgehead atoms. The number of carbonyl (C=O) groups is 1. The van der Waals surface area contributed by atoms with E-state index in [4.69, 9.17) is 17.3 Å². The van der Waals surface area contributed by atoms with Crippen molar-refractivity contribution in [1.29, 1.82) is 0 Å². The molecule has 0 spiro atoms. The Kier molecular flexibility index (Phi) is 5.99. The van der Waals surface area contributed by atoms with Crippen molar-refractivity contribution in [2.24, 2.45) is 5.73 Å². The maximum atomic E-state index is 12.7. The molecule has 0 saturated carbocycles. The molecule has 2 aromatic carbocycles. The van der Waals surface area contributed by atoms with Crippen LogP contribution in [0.25, 0.3) is 0 Å². The van der Waals surface area contributed by atoms with Crippen LogP contribution in [0, 0.1) is 0 Å². The Morgan fingerprint density at radius 2 is 1.77 bits per heavy atom. The van der Waals surface area contributed by atoms with Crippen LogP contribution in [0.5, 0.6) is 0 Å². The lowest BCUT2D eigenvalue weighted by Crippen LogP contribution is -2.33. The Bertz CT molecular complexity index is 615. The molecule has 22 heavy (non-hydrogen) atoms. The van der Waals surface area contributed by atoms with E-state index in [1.807, 2.05) is 61.5 Å². The summed E-state index contributed by atoms with van der Waals surface area (Å²) in [4.78, 5) is 14.4. The third-order valence-corrected chi connectivity index (χ3v) is 4.08. The van der Waals surface area contributed by atoms with E-state index in [0.29, 0.717) is 24.5 Å². The van der Waals surface area contributed by atoms with Crippen LogP contribution in [-0.2, 0) is 4.79 Å². The number of hydrogen-bond acceptors (Lipinski definition) is 2. The van der Waals surface area contributed by atoms with Crippen molar-refractivity contribution in [3.05, 3.63) is 65.2 Å². The predicted octanol–water partition coefficient (Wildman–Crippen LogP) is 3.83. The van der Waals surface area contributed by atoms with Gasteiger partial charge in [-0.3, -0.25) is 4.79 Å². The summed E-state index contributed by atoms with van der Waals surface area (Å²) >= 11 is 6.23. The molecule has 2 aromatic rings. The highest BCUT2D eigenvalue weighted by Gasteiger charge is 2.21. The molecule has 0 aliphatic carbocycles. The Hall–Kier alpha value is -1.84. The van der Waals surface area contributed by atoms with Gasteiger partial charge in [0, 0.05) is 29.6 Å². The van der Waals surface area contributed by atoms with Gasteiger partial charge >= 0.3 is 0 Å². The van der Waals surface area contributed by atoms with Gasteiger partial charge in [-0.1, -0.05) is 48.0 Å². The summed E-state index contributed by atoms with van der Waals surface area (Å²) in [5, 5.41) is 0.661. The number of nitrogens with two attached hydrogens (primary N) is 1. The highest BCUT2D eigenvalue weighted by Crippen LogP contribution is 2.27. The lowest BCUT2D eigenvalue weighted by atomic mass is 9.95. The smallest absolute Gasteiger partial charge is 0.227 e. The second kappa shape index (κ2) is 7.97. The van der Waals surface area contributed by atoms with Crippen molar-refractivity contribution in [1.82, 2.24) is 0 Å². The SMILES string of the molecule is CCN(C(=O)CC(CN)c1ccccc1Cl)c1ccccc1. The minimum atomic E-state index is -0.0704. The van der Waals surface area contributed by atoms with E-state index in [0.717, 1.165) is 11.3 Å². The molecule has 4 heteroatoms. The van der Waals surface area contributed by atoms with Gasteiger partial charge < -0.3 is 10.6 Å². The molecule has 1 amide bonds. The van der Waals surface area contributed by atoms with Crippen molar-refractivity contribution in [2.75, 3.05) is 18.0 Å². The van der Waals surface area contributed by atoms with Gasteiger partial charge in [0.1, 0.15) is 0 Å². The molecule has 0 aliphatic rings. The second-order valence-corrected chi connectivity index (χ2v) is 5.54. The molecule has 1 atom stereocenters. The molecular formula is C18H21ClN2O. The van der Waals surface area contributed by atoms with Crippen molar-refractivity contribution < 1.29 is 4.79 Å². The topological polar surface area (TPSA) is 46.3 Å². The molecular weight excluding hydrogens is 296 g/mol. The summed E-state index contributed by atoms with van der Waals surface area (Å²) in [5.74, 6) is -0.0111. The normalized spacial score (nSPS) is 12.0. The summed E-state index contributed by atoms with van der Waals surface area (Å²) in [7, 11) is 0. The van der Waals surface area contributed by atoms with E-state index in [1.165, 1.54) is 0 Å². The van der Waals surface area contributed by atoms with E-state index in [1.54, 1.807) is 4.90 Å². The zero-order valence-corrected chi connectivity index (χ0v) is 13.5. The molecule has 0 radical (unpaired) electrons. The predicted molar refractivity (Wildman–Crippen MR) is 92.3 cm³/mol. The Balaban J connectivity index is 2.17. The van der Waals surface area contributed by atoms with Crippen LogP contribution in [-0.4, -0.2) is 19.0 Å². The molecule has 0 fully saturated rings. The van der Waals surface area contributed by atoms with Crippen molar-refractivity contribution in [3.63, 3.8) is 0 Å². The fourth-order valence-electron chi connectivity index (χ4n) is 2.56. The summed E-state index contributed by atoms with van der Waals surface area (Å²) in [5.41, 5.74) is 7.71. The quantitative estimate of drug-likeness (QED) is 0.880. The average Bonchev–Trinajstić information content (AvgIpc) is 2.55. The average molecular weight is 317 g/mol. The Labute approximate surface area is 136 Å². The lowest BCUT2D eigenvalue weighted by molar-refractivity contribution is -0.118. The van der Waals surface area contributed by atoms with Gasteiger partial charge in [0.25, 0.3) is 0 Å². The first-order valence-corrected chi connectivity index (χ1v) is 7.85. The van der Waals surface area contributed by atoms with Gasteiger partial charge in [0.2, 0.25) is 5.91 Å². The van der Waals surface area contributed by atoms with Gasteiger partial charge in [-0.25, -0.2) is 0 Å². The first-order valence-electron chi connectivity index (χ1n) is 7.47. The first-order chi connectivity index (χ1) is 10.7. The Morgan fingerprint density at radius 1 is 1.14 bits per heavy atom. The molecule has 0 aromatic heterocycles. The van der Waals surface area contributed by atoms with E-state index in [2.05, 4.69) is 0 Å². The highest BCUT2D eigenvalue weighted by molar-refractivity contribution is 6.31. The number of rotatable bonds is 6. The molecule has 0 saturated heterocycles. The van der Waals surface area contributed by atoms with Crippen LogP contribution in [0.1, 0.15) is 24.8 Å². The van der Waals surface area contributed by atoms with E-state index in [9.17, 15) is 4.79 Å². The van der Waals surface area contributed by atoms with Gasteiger partial charge in [-0.2, -0.15) is 0 Å². The van der Waals surface area contributed by atoms with Gasteiger partial charge in [0.15, 0.2) is 0 Å². The number of anilines is 1. The maximum Gasteiger partial charge on any atom is 0.227 e. The fraction of sp³-hybridized carbons (Fsp3) is 0.278. The number of hydrogen-bond donors (Lipinski definition) is 1. The second-order valence-electron chi connectivity index (χ2n) is 5.13. The van der Waals surface area contributed by atoms with Gasteiger partial charge in [-0.05, 0) is 37.2 Å². The maximum absolute atomic E-state index is 12.7. The van der Waals surface area contributed by atoms with Crippen molar-refractivity contribution in [2.45, 2.75) is 19.3 Å². The van der Waals surface area contributed by atoms with Crippen LogP contribution in [0.15, 0.2) is 54.6 Å². The van der Waals surface area contributed by atoms with E-state index < -0.39 is 0 Å². The molecule has 3 nitrogen and oxygen atoms in total. The van der Waals surface area contributed by atoms with Gasteiger partial charge in [-0.15, -0.1) is 0 Å². The van der Waals surface area contributed by atoms with Crippen LogP contribution in [0.4, 0.5) is 5.69 Å². The molecule has 0 heterocycles. The zero-order chi connectivity index (χ0) is 15.9. The number of carbonyl (C=O) groups excluding carboxylic acids is 1. The first kappa shape index (κ1) is 16.5. The van der Waals surface area contributed by atoms with E-state index in [-0.39, 0.29) is 11.8 Å². The van der Waals surface area contributed by atoms with E-state index >= 15 is 0 Å². The van der Waals surface area contributed by atoms with Crippen molar-refractivity contribution in [3.8, 4) is 0 Å². The monoisotopic (exact) mass is 316 g/mol. The molecule has 116 valence electrons. The Morgan fingerprint density at radius 3 is 2.36 bits per heavy atom. The van der Waals surface area contributed by atoms with Gasteiger partial charge in [0.05, 0.1) is 0 Å². The lowest BCUT2D eigenvalue weighted by Gasteiger charge is -2.24.